The van der Waals surface area contributed by atoms with Gasteiger partial charge in [-0.1, -0.05) is 0 Å². The zero-order valence-corrected chi connectivity index (χ0v) is 16.1. The van der Waals surface area contributed by atoms with Crippen LogP contribution in [0.5, 0.6) is 0 Å². The number of nitrogens with one attached hydrogen (secondary N) is 1. The van der Waals surface area contributed by atoms with E-state index >= 15 is 0 Å². The van der Waals surface area contributed by atoms with Gasteiger partial charge in [-0.05, 0) is 24.6 Å². The van der Waals surface area contributed by atoms with E-state index in [2.05, 4.69) is 36.0 Å². The largest absolute Gasteiger partial charge is 0.355 e. The van der Waals surface area contributed by atoms with Crippen molar-refractivity contribution >= 4 is 16.9 Å². The molecular weight excluding hydrogens is 383 g/mol. The fourth-order valence-corrected chi connectivity index (χ4v) is 4.19. The van der Waals surface area contributed by atoms with E-state index < -0.39 is 6.67 Å². The number of nitriles is 1. The van der Waals surface area contributed by atoms with E-state index in [1.54, 1.807) is 29.2 Å². The van der Waals surface area contributed by atoms with Crippen molar-refractivity contribution in [3.05, 3.63) is 54.9 Å². The van der Waals surface area contributed by atoms with Crippen LogP contribution >= 0.6 is 0 Å². The average molecular weight is 402 g/mol. The van der Waals surface area contributed by atoms with Crippen LogP contribution in [0.25, 0.3) is 22.3 Å². The van der Waals surface area contributed by atoms with Crippen LogP contribution in [0.1, 0.15) is 18.0 Å². The Labute approximate surface area is 172 Å². The van der Waals surface area contributed by atoms with Gasteiger partial charge in [0.05, 0.1) is 23.5 Å². The van der Waals surface area contributed by atoms with E-state index in [-0.39, 0.29) is 12.0 Å². The molecule has 30 heavy (non-hydrogen) atoms. The fraction of sp³-hybridized carbons (Fsp3) is 0.286. The molecule has 5 heterocycles. The monoisotopic (exact) mass is 402 g/mol. The maximum absolute atomic E-state index is 14.1. The number of fused-ring (bicyclic) bond motifs is 1. The summed E-state index contributed by atoms with van der Waals surface area (Å²) in [4.78, 5) is 18.1. The number of nitrogens with zero attached hydrogens (tertiary/aromatic N) is 7. The van der Waals surface area contributed by atoms with Crippen molar-refractivity contribution in [2.75, 3.05) is 24.7 Å². The van der Waals surface area contributed by atoms with E-state index in [0.29, 0.717) is 17.9 Å². The van der Waals surface area contributed by atoms with Crippen molar-refractivity contribution in [3.8, 4) is 17.3 Å². The molecule has 0 aromatic carbocycles. The highest BCUT2D eigenvalue weighted by Crippen LogP contribution is 2.33. The van der Waals surface area contributed by atoms with E-state index in [9.17, 15) is 9.65 Å². The number of aromatic nitrogens is 6. The molecule has 150 valence electrons. The topological polar surface area (TPSA) is 99.3 Å². The molecule has 5 rings (SSSR count). The Morgan fingerprint density at radius 2 is 2.23 bits per heavy atom. The molecule has 0 bridgehead atoms. The molecule has 1 saturated heterocycles. The Balaban J connectivity index is 1.39. The molecule has 0 amide bonds. The van der Waals surface area contributed by atoms with Crippen LogP contribution < -0.4 is 4.90 Å². The van der Waals surface area contributed by atoms with Gasteiger partial charge in [0, 0.05) is 48.5 Å². The zero-order chi connectivity index (χ0) is 20.5. The van der Waals surface area contributed by atoms with E-state index in [1.807, 2.05) is 18.5 Å². The van der Waals surface area contributed by atoms with Gasteiger partial charge in [0.2, 0.25) is 0 Å². The number of H-pyrrole nitrogens is 1. The third kappa shape index (κ3) is 3.06. The van der Waals surface area contributed by atoms with Crippen LogP contribution in [-0.4, -0.2) is 49.5 Å². The Morgan fingerprint density at radius 3 is 3.10 bits per heavy atom. The molecule has 0 aliphatic carbocycles. The highest BCUT2D eigenvalue weighted by molar-refractivity contribution is 5.89. The predicted molar refractivity (Wildman–Crippen MR) is 109 cm³/mol. The molecule has 1 aliphatic rings. The SMILES string of the molecule is N#Cc1cccnc1N1CC[C@H](C(CF)n2cc(-c3ncnc4[nH]ccc34)cn2)C1. The second kappa shape index (κ2) is 7.55. The molecule has 0 spiro atoms. The summed E-state index contributed by atoms with van der Waals surface area (Å²) < 4.78 is 15.8. The number of anilines is 1. The van der Waals surface area contributed by atoms with Gasteiger partial charge in [0.1, 0.15) is 30.5 Å². The summed E-state index contributed by atoms with van der Waals surface area (Å²) in [6.45, 7) is 0.845. The number of hydrogen-bond donors (Lipinski definition) is 1. The number of pyridine rings is 1. The van der Waals surface area contributed by atoms with E-state index in [1.165, 1.54) is 6.33 Å². The van der Waals surface area contributed by atoms with Crippen LogP contribution in [0.15, 0.2) is 49.3 Å². The zero-order valence-electron chi connectivity index (χ0n) is 16.1. The number of hydrogen-bond acceptors (Lipinski definition) is 6. The fourth-order valence-electron chi connectivity index (χ4n) is 4.19. The minimum Gasteiger partial charge on any atom is -0.355 e. The lowest BCUT2D eigenvalue weighted by Gasteiger charge is -2.23. The summed E-state index contributed by atoms with van der Waals surface area (Å²) in [6.07, 6.45) is 9.38. The van der Waals surface area contributed by atoms with E-state index in [0.717, 1.165) is 35.3 Å². The average Bonchev–Trinajstić information content (AvgIpc) is 3.55. The number of alkyl halides is 1. The van der Waals surface area contributed by atoms with Gasteiger partial charge in [0.25, 0.3) is 0 Å². The molecule has 8 nitrogen and oxygen atoms in total. The lowest BCUT2D eigenvalue weighted by Crippen LogP contribution is -2.27. The third-order valence-corrected chi connectivity index (χ3v) is 5.70. The molecule has 0 saturated carbocycles. The molecule has 1 unspecified atom stereocenters. The van der Waals surface area contributed by atoms with Gasteiger partial charge in [-0.25, -0.2) is 19.3 Å². The van der Waals surface area contributed by atoms with Gasteiger partial charge < -0.3 is 9.88 Å². The van der Waals surface area contributed by atoms with Gasteiger partial charge in [-0.3, -0.25) is 4.68 Å². The standard InChI is InChI=1S/C21H19FN8/c22-8-18(15-4-7-29(11-15)21-14(9-23)2-1-5-25-21)30-12-16(10-28-30)19-17-3-6-24-20(17)27-13-26-19/h1-3,5-6,10,12-13,15,18H,4,7-8,11H2,(H,24,26,27)/t15-,18?/m0/s1. The highest BCUT2D eigenvalue weighted by atomic mass is 19.1. The summed E-state index contributed by atoms with van der Waals surface area (Å²) in [5.74, 6) is 0.728. The van der Waals surface area contributed by atoms with Crippen molar-refractivity contribution in [1.29, 1.82) is 5.26 Å². The first-order chi connectivity index (χ1) is 14.8. The maximum Gasteiger partial charge on any atom is 0.146 e. The Kier molecular flexibility index (Phi) is 4.59. The summed E-state index contributed by atoms with van der Waals surface area (Å²) >= 11 is 0. The third-order valence-electron chi connectivity index (χ3n) is 5.70. The van der Waals surface area contributed by atoms with Crippen LogP contribution in [0.4, 0.5) is 10.2 Å². The predicted octanol–water partition coefficient (Wildman–Crippen LogP) is 3.13. The normalized spacial score (nSPS) is 17.3. The van der Waals surface area contributed by atoms with E-state index in [4.69, 9.17) is 0 Å². The molecule has 4 aromatic rings. The summed E-state index contributed by atoms with van der Waals surface area (Å²) in [6, 6.07) is 7.22. The van der Waals surface area contributed by atoms with Crippen molar-refractivity contribution in [2.24, 2.45) is 5.92 Å². The summed E-state index contributed by atoms with van der Waals surface area (Å²) in [7, 11) is 0. The molecule has 4 aromatic heterocycles. The lowest BCUT2D eigenvalue weighted by atomic mass is 10.0. The van der Waals surface area contributed by atoms with Gasteiger partial charge in [0.15, 0.2) is 0 Å². The Hall–Kier alpha value is -3.80. The number of rotatable bonds is 5. The molecular formula is C21H19FN8. The van der Waals surface area contributed by atoms with Crippen LogP contribution in [0.3, 0.4) is 0 Å². The molecule has 0 radical (unpaired) electrons. The van der Waals surface area contributed by atoms with Crippen molar-refractivity contribution in [1.82, 2.24) is 29.7 Å². The van der Waals surface area contributed by atoms with Crippen LogP contribution in [-0.2, 0) is 0 Å². The first-order valence-electron chi connectivity index (χ1n) is 9.77. The summed E-state index contributed by atoms with van der Waals surface area (Å²) in [5, 5.41) is 14.7. The molecule has 1 aliphatic heterocycles. The van der Waals surface area contributed by atoms with Gasteiger partial charge in [-0.15, -0.1) is 0 Å². The smallest absolute Gasteiger partial charge is 0.146 e. The van der Waals surface area contributed by atoms with Crippen molar-refractivity contribution < 1.29 is 4.39 Å². The molecule has 1 N–H and O–H groups in total. The van der Waals surface area contributed by atoms with Crippen molar-refractivity contribution in [3.63, 3.8) is 0 Å². The van der Waals surface area contributed by atoms with Crippen molar-refractivity contribution in [2.45, 2.75) is 12.5 Å². The highest BCUT2D eigenvalue weighted by Gasteiger charge is 2.33. The molecule has 9 heteroatoms. The maximum atomic E-state index is 14.1. The number of halogens is 1. The number of aromatic amines is 1. The van der Waals surface area contributed by atoms with Gasteiger partial charge >= 0.3 is 0 Å². The second-order valence-corrected chi connectivity index (χ2v) is 7.37. The van der Waals surface area contributed by atoms with Crippen LogP contribution in [0.2, 0.25) is 0 Å². The van der Waals surface area contributed by atoms with Gasteiger partial charge in [-0.2, -0.15) is 10.4 Å². The second-order valence-electron chi connectivity index (χ2n) is 7.37. The minimum atomic E-state index is -0.518. The molecule has 2 atom stereocenters. The molecule has 1 fully saturated rings. The summed E-state index contributed by atoms with van der Waals surface area (Å²) in [5.41, 5.74) is 2.89. The van der Waals surface area contributed by atoms with Crippen LogP contribution in [0, 0.1) is 17.2 Å². The Morgan fingerprint density at radius 1 is 1.30 bits per heavy atom. The first kappa shape index (κ1) is 18.2. The Bertz CT molecular complexity index is 1220. The first-order valence-corrected chi connectivity index (χ1v) is 9.77. The quantitative estimate of drug-likeness (QED) is 0.551. The lowest BCUT2D eigenvalue weighted by molar-refractivity contribution is 0.257. The minimum absolute atomic E-state index is 0.0639.